The maximum absolute atomic E-state index is 11.8. The Bertz CT molecular complexity index is 199. The van der Waals surface area contributed by atoms with Crippen molar-refractivity contribution in [3.8, 4) is 0 Å². The van der Waals surface area contributed by atoms with Gasteiger partial charge >= 0.3 is 0 Å². The first kappa shape index (κ1) is 11.7. The summed E-state index contributed by atoms with van der Waals surface area (Å²) in [5.41, 5.74) is 6.05. The molecule has 0 amide bonds. The number of ketones is 1. The number of carbonyl (C=O) groups is 1. The first-order chi connectivity index (χ1) is 6.41. The van der Waals surface area contributed by atoms with Gasteiger partial charge in [-0.3, -0.25) is 4.79 Å². The second-order valence-electron chi connectivity index (χ2n) is 5.62. The van der Waals surface area contributed by atoms with Gasteiger partial charge < -0.3 is 5.73 Å². The Labute approximate surface area is 87.2 Å². The predicted molar refractivity (Wildman–Crippen MR) is 59.0 cm³/mol. The van der Waals surface area contributed by atoms with Gasteiger partial charge in [0.2, 0.25) is 0 Å². The molecule has 0 aromatic rings. The van der Waals surface area contributed by atoms with Gasteiger partial charge in [-0.05, 0) is 18.3 Å². The number of hydrogen-bond donors (Lipinski definition) is 1. The molecule has 1 rings (SSSR count). The molecule has 2 nitrogen and oxygen atoms in total. The largest absolute Gasteiger partial charge is 0.327 e. The predicted octanol–water partition coefficient (Wildman–Crippen LogP) is 2.51. The number of rotatable bonds is 3. The quantitative estimate of drug-likeness (QED) is 0.755. The molecule has 0 bridgehead atoms. The zero-order chi connectivity index (χ0) is 10.8. The summed E-state index contributed by atoms with van der Waals surface area (Å²) < 4.78 is 0. The molecule has 0 radical (unpaired) electrons. The standard InChI is InChI=1S/C12H23NO/c1-12(2,3)11(13)8-10(14)9-6-4-5-7-9/h9,11H,4-8,13H2,1-3H3. The topological polar surface area (TPSA) is 43.1 Å². The Morgan fingerprint density at radius 1 is 1.36 bits per heavy atom. The molecule has 2 heteroatoms. The molecule has 1 saturated carbocycles. The Morgan fingerprint density at radius 3 is 2.29 bits per heavy atom. The molecule has 1 atom stereocenters. The molecule has 0 heterocycles. The minimum atomic E-state index is 0.00981. The highest BCUT2D eigenvalue weighted by atomic mass is 16.1. The second kappa shape index (κ2) is 4.43. The first-order valence-corrected chi connectivity index (χ1v) is 5.69. The highest BCUT2D eigenvalue weighted by molar-refractivity contribution is 5.81. The van der Waals surface area contributed by atoms with Crippen LogP contribution in [0.15, 0.2) is 0 Å². The molecule has 0 saturated heterocycles. The van der Waals surface area contributed by atoms with E-state index in [1.54, 1.807) is 0 Å². The maximum Gasteiger partial charge on any atom is 0.137 e. The number of carbonyl (C=O) groups excluding carboxylic acids is 1. The van der Waals surface area contributed by atoms with Crippen LogP contribution in [0.25, 0.3) is 0 Å². The molecular weight excluding hydrogens is 174 g/mol. The average Bonchev–Trinajstić information content (AvgIpc) is 2.53. The van der Waals surface area contributed by atoms with Crippen LogP contribution in [0.5, 0.6) is 0 Å². The van der Waals surface area contributed by atoms with Gasteiger partial charge in [0.05, 0.1) is 0 Å². The normalized spacial score (nSPS) is 21.1. The van der Waals surface area contributed by atoms with Crippen molar-refractivity contribution in [1.29, 1.82) is 0 Å². The summed E-state index contributed by atoms with van der Waals surface area (Å²) in [6, 6.07) is 0.00981. The zero-order valence-electron chi connectivity index (χ0n) is 9.68. The van der Waals surface area contributed by atoms with E-state index < -0.39 is 0 Å². The SMILES string of the molecule is CC(C)(C)C(N)CC(=O)C1CCCC1. The van der Waals surface area contributed by atoms with Gasteiger partial charge in [0, 0.05) is 18.4 Å². The van der Waals surface area contributed by atoms with Crippen LogP contribution in [0, 0.1) is 11.3 Å². The Hall–Kier alpha value is -0.370. The third kappa shape index (κ3) is 3.09. The summed E-state index contributed by atoms with van der Waals surface area (Å²) in [6.07, 6.45) is 5.20. The Balaban J connectivity index is 2.40. The van der Waals surface area contributed by atoms with Crippen LogP contribution in [0.4, 0.5) is 0 Å². The monoisotopic (exact) mass is 197 g/mol. The summed E-state index contributed by atoms with van der Waals surface area (Å²) in [5, 5.41) is 0. The lowest BCUT2D eigenvalue weighted by molar-refractivity contribution is -0.123. The molecule has 1 unspecified atom stereocenters. The van der Waals surface area contributed by atoms with Crippen molar-refractivity contribution in [3.63, 3.8) is 0 Å². The van der Waals surface area contributed by atoms with E-state index in [1.165, 1.54) is 12.8 Å². The smallest absolute Gasteiger partial charge is 0.137 e. The maximum atomic E-state index is 11.8. The Morgan fingerprint density at radius 2 is 1.86 bits per heavy atom. The van der Waals surface area contributed by atoms with E-state index in [2.05, 4.69) is 20.8 Å². The van der Waals surface area contributed by atoms with Gasteiger partial charge in [-0.2, -0.15) is 0 Å². The highest BCUT2D eigenvalue weighted by Gasteiger charge is 2.28. The molecule has 82 valence electrons. The molecule has 1 aliphatic carbocycles. The lowest BCUT2D eigenvalue weighted by Gasteiger charge is -2.27. The van der Waals surface area contributed by atoms with Crippen molar-refractivity contribution in [1.82, 2.24) is 0 Å². The van der Waals surface area contributed by atoms with Crippen molar-refractivity contribution in [3.05, 3.63) is 0 Å². The van der Waals surface area contributed by atoms with E-state index in [0.29, 0.717) is 18.1 Å². The summed E-state index contributed by atoms with van der Waals surface area (Å²) in [4.78, 5) is 11.8. The van der Waals surface area contributed by atoms with Gasteiger partial charge in [0.25, 0.3) is 0 Å². The first-order valence-electron chi connectivity index (χ1n) is 5.69. The van der Waals surface area contributed by atoms with Crippen LogP contribution in [-0.2, 0) is 4.79 Å². The molecule has 0 spiro atoms. The van der Waals surface area contributed by atoms with E-state index in [-0.39, 0.29) is 11.5 Å². The van der Waals surface area contributed by atoms with E-state index in [4.69, 9.17) is 5.73 Å². The second-order valence-corrected chi connectivity index (χ2v) is 5.62. The summed E-state index contributed by atoms with van der Waals surface area (Å²) in [6.45, 7) is 6.29. The van der Waals surface area contributed by atoms with E-state index >= 15 is 0 Å². The van der Waals surface area contributed by atoms with Gasteiger partial charge in [0.15, 0.2) is 0 Å². The van der Waals surface area contributed by atoms with Crippen LogP contribution in [0.1, 0.15) is 52.9 Å². The third-order valence-electron chi connectivity index (χ3n) is 3.34. The fourth-order valence-corrected chi connectivity index (χ4v) is 1.94. The summed E-state index contributed by atoms with van der Waals surface area (Å²) in [5.74, 6) is 0.716. The molecule has 14 heavy (non-hydrogen) atoms. The van der Waals surface area contributed by atoms with Gasteiger partial charge in [0.1, 0.15) is 5.78 Å². The van der Waals surface area contributed by atoms with Gasteiger partial charge in [-0.1, -0.05) is 33.6 Å². The van der Waals surface area contributed by atoms with Crippen LogP contribution in [-0.4, -0.2) is 11.8 Å². The minimum absolute atomic E-state index is 0.00981. The van der Waals surface area contributed by atoms with Crippen molar-refractivity contribution in [2.45, 2.75) is 58.9 Å². The lowest BCUT2D eigenvalue weighted by atomic mass is 9.82. The van der Waals surface area contributed by atoms with Crippen LogP contribution < -0.4 is 5.73 Å². The zero-order valence-corrected chi connectivity index (χ0v) is 9.68. The lowest BCUT2D eigenvalue weighted by Crippen LogP contribution is -2.38. The summed E-state index contributed by atoms with van der Waals surface area (Å²) >= 11 is 0. The minimum Gasteiger partial charge on any atom is -0.327 e. The molecule has 1 aliphatic rings. The molecule has 2 N–H and O–H groups in total. The molecule has 1 fully saturated rings. The summed E-state index contributed by atoms with van der Waals surface area (Å²) in [7, 11) is 0. The van der Waals surface area contributed by atoms with Crippen molar-refractivity contribution >= 4 is 5.78 Å². The van der Waals surface area contributed by atoms with Crippen LogP contribution >= 0.6 is 0 Å². The fraction of sp³-hybridized carbons (Fsp3) is 0.917. The van der Waals surface area contributed by atoms with Crippen molar-refractivity contribution < 1.29 is 4.79 Å². The van der Waals surface area contributed by atoms with E-state index in [9.17, 15) is 4.79 Å². The Kier molecular flexibility index (Phi) is 3.71. The third-order valence-corrected chi connectivity index (χ3v) is 3.34. The number of nitrogens with two attached hydrogens (primary N) is 1. The van der Waals surface area contributed by atoms with Crippen LogP contribution in [0.3, 0.4) is 0 Å². The van der Waals surface area contributed by atoms with Gasteiger partial charge in [-0.25, -0.2) is 0 Å². The molecular formula is C12H23NO. The molecule has 0 aliphatic heterocycles. The van der Waals surface area contributed by atoms with E-state index in [1.807, 2.05) is 0 Å². The van der Waals surface area contributed by atoms with Gasteiger partial charge in [-0.15, -0.1) is 0 Å². The highest BCUT2D eigenvalue weighted by Crippen LogP contribution is 2.28. The van der Waals surface area contributed by atoms with Crippen molar-refractivity contribution in [2.75, 3.05) is 0 Å². The molecule has 0 aromatic heterocycles. The fourth-order valence-electron chi connectivity index (χ4n) is 1.94. The number of Topliss-reactive ketones (excluding diaryl/α,β-unsaturated/α-hetero) is 1. The van der Waals surface area contributed by atoms with Crippen LogP contribution in [0.2, 0.25) is 0 Å². The van der Waals surface area contributed by atoms with E-state index in [0.717, 1.165) is 12.8 Å². The number of hydrogen-bond acceptors (Lipinski definition) is 2. The van der Waals surface area contributed by atoms with Crippen molar-refractivity contribution in [2.24, 2.45) is 17.1 Å². The average molecular weight is 197 g/mol. The molecule has 0 aromatic carbocycles.